The second-order valence-corrected chi connectivity index (χ2v) is 4.92. The van der Waals surface area contributed by atoms with E-state index in [9.17, 15) is 4.79 Å². The summed E-state index contributed by atoms with van der Waals surface area (Å²) < 4.78 is 5.31. The van der Waals surface area contributed by atoms with Gasteiger partial charge in [-0.15, -0.1) is 0 Å². The summed E-state index contributed by atoms with van der Waals surface area (Å²) in [7, 11) is 3.15. The number of rotatable bonds is 5. The number of aldehydes is 1. The van der Waals surface area contributed by atoms with Crippen LogP contribution in [0, 0.1) is 0 Å². The largest absolute Gasteiger partial charge is 0.494 e. The molecule has 0 unspecified atom stereocenters. The Kier molecular flexibility index (Phi) is 5.43. The van der Waals surface area contributed by atoms with Crippen LogP contribution in [0.1, 0.15) is 15.9 Å². The van der Waals surface area contributed by atoms with Crippen molar-refractivity contribution in [3.05, 3.63) is 46.7 Å². The topological polar surface area (TPSA) is 89.9 Å². The first kappa shape index (κ1) is 16.6. The maximum absolute atomic E-state index is 11.4. The van der Waals surface area contributed by atoms with Crippen LogP contribution in [0.4, 0.5) is 0 Å². The molecule has 2 aromatic rings. The Bertz CT molecular complexity index is 788. The van der Waals surface area contributed by atoms with Gasteiger partial charge in [0.25, 0.3) is 0 Å². The van der Waals surface area contributed by atoms with Gasteiger partial charge in [0.15, 0.2) is 6.29 Å². The number of hydrogen-bond donors (Lipinski definition) is 1. The molecular formula is C16H15ClN4O2. The molecule has 2 rings (SSSR count). The van der Waals surface area contributed by atoms with Crippen molar-refractivity contribution >= 4 is 29.8 Å². The number of aliphatic imine (C=N–C) groups is 1. The van der Waals surface area contributed by atoms with Crippen molar-refractivity contribution in [1.29, 1.82) is 0 Å². The predicted molar refractivity (Wildman–Crippen MR) is 91.8 cm³/mol. The van der Waals surface area contributed by atoms with Gasteiger partial charge in [0.05, 0.1) is 13.3 Å². The van der Waals surface area contributed by atoms with Gasteiger partial charge < -0.3 is 10.6 Å². The standard InChI is InChI=1S/C16H15ClN4O2/c1-19-7-14(21-18)10-3-4-11(9-22)12(5-10)13-6-16(17)20-8-15(13)23-2/h3-9H,18H2,1-2H3/b19-7?,21-14+. The smallest absolute Gasteiger partial charge is 0.150 e. The molecule has 1 aromatic carbocycles. The number of methoxy groups -OCH3 is 1. The minimum atomic E-state index is 0.297. The minimum absolute atomic E-state index is 0.297. The molecule has 6 nitrogen and oxygen atoms in total. The van der Waals surface area contributed by atoms with Crippen LogP contribution >= 0.6 is 11.6 Å². The Hall–Kier alpha value is -2.73. The molecule has 0 aliphatic rings. The Morgan fingerprint density at radius 2 is 2.13 bits per heavy atom. The van der Waals surface area contributed by atoms with Gasteiger partial charge in [-0.05, 0) is 17.7 Å². The lowest BCUT2D eigenvalue weighted by Gasteiger charge is -2.12. The summed E-state index contributed by atoms with van der Waals surface area (Å²) in [5.41, 5.74) is 2.99. The van der Waals surface area contributed by atoms with Crippen LogP contribution in [0.3, 0.4) is 0 Å². The third-order valence-corrected chi connectivity index (χ3v) is 3.42. The Morgan fingerprint density at radius 3 is 2.74 bits per heavy atom. The SMILES string of the molecule is CN=C/C(=N\N)c1ccc(C=O)c(-c2cc(Cl)ncc2OC)c1. The highest BCUT2D eigenvalue weighted by atomic mass is 35.5. The molecule has 7 heteroatoms. The van der Waals surface area contributed by atoms with E-state index in [1.54, 1.807) is 31.3 Å². The van der Waals surface area contributed by atoms with Crippen molar-refractivity contribution in [1.82, 2.24) is 4.98 Å². The van der Waals surface area contributed by atoms with Crippen LogP contribution in [0.2, 0.25) is 5.15 Å². The number of halogens is 1. The monoisotopic (exact) mass is 330 g/mol. The van der Waals surface area contributed by atoms with Gasteiger partial charge >= 0.3 is 0 Å². The zero-order valence-electron chi connectivity index (χ0n) is 12.7. The first-order valence-electron chi connectivity index (χ1n) is 6.64. The number of hydrogen-bond acceptors (Lipinski definition) is 6. The second-order valence-electron chi connectivity index (χ2n) is 4.53. The molecule has 118 valence electrons. The molecule has 0 saturated carbocycles. The average Bonchev–Trinajstić information content (AvgIpc) is 2.59. The molecule has 0 bridgehead atoms. The van der Waals surface area contributed by atoms with Gasteiger partial charge in [-0.1, -0.05) is 23.7 Å². The Morgan fingerprint density at radius 1 is 1.35 bits per heavy atom. The van der Waals surface area contributed by atoms with Gasteiger partial charge in [0.2, 0.25) is 0 Å². The molecule has 0 aliphatic heterocycles. The summed E-state index contributed by atoms with van der Waals surface area (Å²) in [6.07, 6.45) is 3.81. The fourth-order valence-electron chi connectivity index (χ4n) is 2.15. The molecule has 0 saturated heterocycles. The molecule has 0 amide bonds. The molecule has 0 atom stereocenters. The van der Waals surface area contributed by atoms with Crippen molar-refractivity contribution in [2.45, 2.75) is 0 Å². The number of nitrogens with zero attached hydrogens (tertiary/aromatic N) is 3. The zero-order chi connectivity index (χ0) is 16.8. The molecule has 0 aliphatic carbocycles. The van der Waals surface area contributed by atoms with E-state index in [-0.39, 0.29) is 0 Å². The normalized spacial score (nSPS) is 11.7. The van der Waals surface area contributed by atoms with Gasteiger partial charge in [-0.3, -0.25) is 9.79 Å². The Balaban J connectivity index is 2.70. The van der Waals surface area contributed by atoms with E-state index in [4.69, 9.17) is 22.2 Å². The van der Waals surface area contributed by atoms with E-state index in [0.29, 0.717) is 38.9 Å². The number of ether oxygens (including phenoxy) is 1. The van der Waals surface area contributed by atoms with E-state index in [1.165, 1.54) is 19.5 Å². The van der Waals surface area contributed by atoms with E-state index in [1.807, 2.05) is 0 Å². The predicted octanol–water partition coefficient (Wildman–Crippen LogP) is 2.59. The van der Waals surface area contributed by atoms with Gasteiger partial charge in [-0.2, -0.15) is 5.10 Å². The summed E-state index contributed by atoms with van der Waals surface area (Å²) in [4.78, 5) is 19.3. The quantitative estimate of drug-likeness (QED) is 0.300. The number of hydrazone groups is 1. The van der Waals surface area contributed by atoms with Gasteiger partial charge in [-0.25, -0.2) is 4.98 Å². The van der Waals surface area contributed by atoms with Crippen LogP contribution in [0.5, 0.6) is 5.75 Å². The number of aromatic nitrogens is 1. The first-order chi connectivity index (χ1) is 11.1. The molecule has 1 aromatic heterocycles. The lowest BCUT2D eigenvalue weighted by atomic mass is 9.96. The highest BCUT2D eigenvalue weighted by Gasteiger charge is 2.14. The molecule has 0 spiro atoms. The number of nitrogens with two attached hydrogens (primary N) is 1. The first-order valence-corrected chi connectivity index (χ1v) is 7.02. The van der Waals surface area contributed by atoms with Crippen LogP contribution < -0.4 is 10.6 Å². The lowest BCUT2D eigenvalue weighted by molar-refractivity contribution is 0.112. The summed E-state index contributed by atoms with van der Waals surface area (Å²) in [5, 5.41) is 4.00. The highest BCUT2D eigenvalue weighted by molar-refractivity contribution is 6.38. The Labute approximate surface area is 138 Å². The third-order valence-electron chi connectivity index (χ3n) is 3.21. The van der Waals surface area contributed by atoms with E-state index in [2.05, 4.69) is 15.1 Å². The summed E-state index contributed by atoms with van der Waals surface area (Å²) in [6.45, 7) is 0. The molecular weight excluding hydrogens is 316 g/mol. The fraction of sp³-hybridized carbons (Fsp3) is 0.125. The molecule has 1 heterocycles. The maximum atomic E-state index is 11.4. The summed E-state index contributed by atoms with van der Waals surface area (Å²) in [6, 6.07) is 6.85. The maximum Gasteiger partial charge on any atom is 0.150 e. The van der Waals surface area contributed by atoms with Crippen LogP contribution in [-0.2, 0) is 0 Å². The molecule has 23 heavy (non-hydrogen) atoms. The van der Waals surface area contributed by atoms with Crippen molar-refractivity contribution < 1.29 is 9.53 Å². The van der Waals surface area contributed by atoms with Crippen molar-refractivity contribution in [2.24, 2.45) is 15.9 Å². The van der Waals surface area contributed by atoms with Gasteiger partial charge in [0.1, 0.15) is 16.6 Å². The average molecular weight is 331 g/mol. The van der Waals surface area contributed by atoms with Crippen molar-refractivity contribution in [3.8, 4) is 16.9 Å². The molecule has 2 N–H and O–H groups in total. The van der Waals surface area contributed by atoms with E-state index in [0.717, 1.165) is 6.29 Å². The van der Waals surface area contributed by atoms with Crippen molar-refractivity contribution in [2.75, 3.05) is 14.2 Å². The molecule has 0 radical (unpaired) electrons. The highest BCUT2D eigenvalue weighted by Crippen LogP contribution is 2.33. The fourth-order valence-corrected chi connectivity index (χ4v) is 2.30. The third kappa shape index (κ3) is 3.54. The number of carbonyl (C=O) groups is 1. The summed E-state index contributed by atoms with van der Waals surface area (Å²) in [5.74, 6) is 5.91. The number of carbonyl (C=O) groups excluding carboxylic acids is 1. The lowest BCUT2D eigenvalue weighted by Crippen LogP contribution is -2.07. The van der Waals surface area contributed by atoms with Gasteiger partial charge in [0, 0.05) is 30.0 Å². The number of benzene rings is 1. The van der Waals surface area contributed by atoms with Crippen molar-refractivity contribution in [3.63, 3.8) is 0 Å². The van der Waals surface area contributed by atoms with Crippen LogP contribution in [0.15, 0.2) is 40.6 Å². The minimum Gasteiger partial charge on any atom is -0.494 e. The zero-order valence-corrected chi connectivity index (χ0v) is 13.4. The van der Waals surface area contributed by atoms with E-state index < -0.39 is 0 Å². The molecule has 0 fully saturated rings. The second kappa shape index (κ2) is 7.51. The summed E-state index contributed by atoms with van der Waals surface area (Å²) >= 11 is 5.98. The van der Waals surface area contributed by atoms with E-state index >= 15 is 0 Å². The number of pyridine rings is 1. The van der Waals surface area contributed by atoms with Crippen LogP contribution in [0.25, 0.3) is 11.1 Å². The van der Waals surface area contributed by atoms with Crippen LogP contribution in [-0.4, -0.2) is 37.4 Å².